The molecule has 0 fully saturated rings. The van der Waals surface area contributed by atoms with E-state index in [1.165, 1.54) is 18.3 Å². The summed E-state index contributed by atoms with van der Waals surface area (Å²) in [4.78, 5) is 14.1. The van der Waals surface area contributed by atoms with Crippen molar-refractivity contribution in [3.8, 4) is 5.88 Å². The minimum absolute atomic E-state index is 0.123. The van der Waals surface area contributed by atoms with Gasteiger partial charge >= 0.3 is 5.69 Å². The molecule has 0 saturated carbocycles. The van der Waals surface area contributed by atoms with Crippen molar-refractivity contribution in [1.82, 2.24) is 4.98 Å². The minimum Gasteiger partial charge on any atom is -0.468 e. The topological polar surface area (TPSA) is 65.3 Å². The second kappa shape index (κ2) is 5.75. The monoisotopic (exact) mass is 326 g/mol. The third kappa shape index (κ3) is 3.25. The summed E-state index contributed by atoms with van der Waals surface area (Å²) in [5.41, 5.74) is 0.0345. The van der Waals surface area contributed by atoms with Crippen molar-refractivity contribution in [3.05, 3.63) is 62.5 Å². The number of hydrogen-bond acceptors (Lipinski definition) is 4. The van der Waals surface area contributed by atoms with Crippen LogP contribution in [0.3, 0.4) is 0 Å². The van der Waals surface area contributed by atoms with Gasteiger partial charge in [-0.25, -0.2) is 9.37 Å². The molecule has 1 aromatic carbocycles. The average Bonchev–Trinajstić information content (AvgIpc) is 2.38. The molecule has 0 bridgehead atoms. The molecule has 0 N–H and O–H groups in total. The van der Waals surface area contributed by atoms with E-state index >= 15 is 0 Å². The molecule has 0 aliphatic rings. The maximum absolute atomic E-state index is 13.4. The van der Waals surface area contributed by atoms with E-state index < -0.39 is 10.7 Å². The van der Waals surface area contributed by atoms with Gasteiger partial charge in [0.05, 0.1) is 4.92 Å². The van der Waals surface area contributed by atoms with Gasteiger partial charge in [0, 0.05) is 22.3 Å². The number of nitro groups is 1. The zero-order valence-corrected chi connectivity index (χ0v) is 11.1. The van der Waals surface area contributed by atoms with Crippen LogP contribution in [-0.4, -0.2) is 9.91 Å². The van der Waals surface area contributed by atoms with Crippen LogP contribution in [0.1, 0.15) is 5.56 Å². The summed E-state index contributed by atoms with van der Waals surface area (Å²) in [6.45, 7) is -0.123. The summed E-state index contributed by atoms with van der Waals surface area (Å²) in [7, 11) is 0. The van der Waals surface area contributed by atoms with Gasteiger partial charge in [0.15, 0.2) is 0 Å². The third-order valence-corrected chi connectivity index (χ3v) is 2.75. The molecule has 0 unspecified atom stereocenters. The Morgan fingerprint density at radius 1 is 1.42 bits per heavy atom. The molecule has 19 heavy (non-hydrogen) atoms. The van der Waals surface area contributed by atoms with Crippen molar-refractivity contribution in [2.24, 2.45) is 0 Å². The lowest BCUT2D eigenvalue weighted by atomic mass is 10.2. The summed E-state index contributed by atoms with van der Waals surface area (Å²) < 4.78 is 19.1. The number of aromatic nitrogens is 1. The molecule has 5 nitrogen and oxygen atoms in total. The van der Waals surface area contributed by atoms with Crippen LogP contribution < -0.4 is 4.74 Å². The second-order valence-electron chi connectivity index (χ2n) is 3.62. The van der Waals surface area contributed by atoms with Crippen molar-refractivity contribution in [2.45, 2.75) is 6.61 Å². The quantitative estimate of drug-likeness (QED) is 0.637. The highest BCUT2D eigenvalue weighted by molar-refractivity contribution is 9.10. The van der Waals surface area contributed by atoms with Gasteiger partial charge in [0.25, 0.3) is 5.88 Å². The van der Waals surface area contributed by atoms with Crippen LogP contribution in [0.4, 0.5) is 10.1 Å². The molecular weight excluding hydrogens is 319 g/mol. The second-order valence-corrected chi connectivity index (χ2v) is 4.53. The number of halogens is 2. The Morgan fingerprint density at radius 2 is 2.16 bits per heavy atom. The van der Waals surface area contributed by atoms with Crippen LogP contribution in [-0.2, 0) is 6.61 Å². The first-order valence-corrected chi connectivity index (χ1v) is 6.03. The van der Waals surface area contributed by atoms with E-state index in [-0.39, 0.29) is 18.2 Å². The van der Waals surface area contributed by atoms with Crippen LogP contribution >= 0.6 is 15.9 Å². The van der Waals surface area contributed by atoms with Crippen molar-refractivity contribution in [1.29, 1.82) is 0 Å². The highest BCUT2D eigenvalue weighted by atomic mass is 79.9. The van der Waals surface area contributed by atoms with Gasteiger partial charge in [-0.2, -0.15) is 0 Å². The van der Waals surface area contributed by atoms with Gasteiger partial charge < -0.3 is 4.74 Å². The lowest BCUT2D eigenvalue weighted by molar-refractivity contribution is -0.386. The van der Waals surface area contributed by atoms with Crippen molar-refractivity contribution in [2.75, 3.05) is 0 Å². The lowest BCUT2D eigenvalue weighted by Gasteiger charge is -2.06. The third-order valence-electron chi connectivity index (χ3n) is 2.32. The summed E-state index contributed by atoms with van der Waals surface area (Å²) in [6, 6.07) is 7.33. The molecule has 0 aliphatic carbocycles. The SMILES string of the molecule is O=[N+]([O-])c1cc(Br)cnc1OCc1ccccc1F. The van der Waals surface area contributed by atoms with Gasteiger partial charge in [-0.1, -0.05) is 18.2 Å². The zero-order valence-electron chi connectivity index (χ0n) is 9.55. The van der Waals surface area contributed by atoms with E-state index in [1.807, 2.05) is 0 Å². The summed E-state index contributed by atoms with van der Waals surface area (Å²) in [5.74, 6) is -0.571. The molecule has 1 aromatic heterocycles. The minimum atomic E-state index is -0.603. The van der Waals surface area contributed by atoms with E-state index in [2.05, 4.69) is 20.9 Å². The van der Waals surface area contributed by atoms with Gasteiger partial charge in [-0.15, -0.1) is 0 Å². The van der Waals surface area contributed by atoms with E-state index in [9.17, 15) is 14.5 Å². The van der Waals surface area contributed by atoms with Crippen molar-refractivity contribution in [3.63, 3.8) is 0 Å². The predicted octanol–water partition coefficient (Wildman–Crippen LogP) is 3.47. The van der Waals surface area contributed by atoms with Gasteiger partial charge in [0.2, 0.25) is 0 Å². The van der Waals surface area contributed by atoms with E-state index in [4.69, 9.17) is 4.74 Å². The highest BCUT2D eigenvalue weighted by Crippen LogP contribution is 2.28. The Labute approximate surface area is 116 Å². The Morgan fingerprint density at radius 3 is 2.84 bits per heavy atom. The average molecular weight is 327 g/mol. The van der Waals surface area contributed by atoms with Gasteiger partial charge in [-0.05, 0) is 22.0 Å². The normalized spacial score (nSPS) is 10.2. The summed E-state index contributed by atoms with van der Waals surface area (Å²) in [6.07, 6.45) is 1.38. The maximum Gasteiger partial charge on any atom is 0.332 e. The van der Waals surface area contributed by atoms with Crippen LogP contribution in [0.2, 0.25) is 0 Å². The maximum atomic E-state index is 13.4. The standard InChI is InChI=1S/C12H8BrFN2O3/c13-9-5-11(16(17)18)12(15-6-9)19-7-8-3-1-2-4-10(8)14/h1-6H,7H2. The molecule has 0 saturated heterocycles. The van der Waals surface area contributed by atoms with E-state index in [0.29, 0.717) is 10.0 Å². The predicted molar refractivity (Wildman–Crippen MR) is 69.3 cm³/mol. The first-order chi connectivity index (χ1) is 9.08. The van der Waals surface area contributed by atoms with Crippen LogP contribution in [0.5, 0.6) is 5.88 Å². The smallest absolute Gasteiger partial charge is 0.332 e. The number of pyridine rings is 1. The Hall–Kier alpha value is -2.02. The van der Waals surface area contributed by atoms with Crippen molar-refractivity contribution < 1.29 is 14.1 Å². The molecule has 2 rings (SSSR count). The number of hydrogen-bond donors (Lipinski definition) is 0. The lowest BCUT2D eigenvalue weighted by Crippen LogP contribution is -2.02. The first kappa shape index (κ1) is 13.4. The number of rotatable bonds is 4. The fraction of sp³-hybridized carbons (Fsp3) is 0.0833. The molecule has 0 aliphatic heterocycles. The van der Waals surface area contributed by atoms with E-state index in [0.717, 1.165) is 0 Å². The Kier molecular flexibility index (Phi) is 4.06. The number of ether oxygens (including phenoxy) is 1. The number of nitrogens with zero attached hydrogens (tertiary/aromatic N) is 2. The zero-order chi connectivity index (χ0) is 13.8. The molecule has 1 heterocycles. The van der Waals surface area contributed by atoms with Gasteiger partial charge in [0.1, 0.15) is 12.4 Å². The molecular formula is C12H8BrFN2O3. The Bertz CT molecular complexity index is 622. The summed E-state index contributed by atoms with van der Waals surface area (Å²) >= 11 is 3.09. The molecule has 98 valence electrons. The number of benzene rings is 1. The van der Waals surface area contributed by atoms with Crippen LogP contribution in [0, 0.1) is 15.9 Å². The van der Waals surface area contributed by atoms with Gasteiger partial charge in [-0.3, -0.25) is 10.1 Å². The Balaban J connectivity index is 2.20. The van der Waals surface area contributed by atoms with Crippen LogP contribution in [0.15, 0.2) is 41.0 Å². The van der Waals surface area contributed by atoms with Crippen LogP contribution in [0.25, 0.3) is 0 Å². The highest BCUT2D eigenvalue weighted by Gasteiger charge is 2.17. The molecule has 0 amide bonds. The van der Waals surface area contributed by atoms with Crippen molar-refractivity contribution >= 4 is 21.6 Å². The molecule has 2 aromatic rings. The first-order valence-electron chi connectivity index (χ1n) is 5.24. The fourth-order valence-corrected chi connectivity index (χ4v) is 1.74. The fourth-order valence-electron chi connectivity index (χ4n) is 1.42. The molecule has 0 atom stereocenters. The molecule has 0 spiro atoms. The van der Waals surface area contributed by atoms with E-state index in [1.54, 1.807) is 18.2 Å². The molecule has 7 heteroatoms. The largest absolute Gasteiger partial charge is 0.468 e. The summed E-state index contributed by atoms with van der Waals surface area (Å²) in [5, 5.41) is 10.8. The molecule has 0 radical (unpaired) electrons.